The Hall–Kier alpha value is -4.58. The number of hydrogen-bond acceptors (Lipinski definition) is 8. The number of nitrogens with one attached hydrogen (secondary N) is 2. The zero-order valence-electron chi connectivity index (χ0n) is 29.3. The summed E-state index contributed by atoms with van der Waals surface area (Å²) in [6.07, 6.45) is -0.617. The maximum Gasteiger partial charge on any atom is 0.328 e. The number of nitrogens with zero attached hydrogens (tertiary/aromatic N) is 2. The number of methoxy groups -OCH3 is 1. The summed E-state index contributed by atoms with van der Waals surface area (Å²) in [5.74, 6) is -0.443. The van der Waals surface area contributed by atoms with E-state index in [1.54, 1.807) is 12.1 Å². The molecule has 0 bridgehead atoms. The van der Waals surface area contributed by atoms with Crippen LogP contribution in [0.2, 0.25) is 0 Å². The summed E-state index contributed by atoms with van der Waals surface area (Å²) in [5.41, 5.74) is 5.52. The number of esters is 1. The summed E-state index contributed by atoms with van der Waals surface area (Å²) in [4.78, 5) is 30.4. The van der Waals surface area contributed by atoms with Crippen LogP contribution < -0.4 is 10.6 Å². The molecule has 51 heavy (non-hydrogen) atoms. The van der Waals surface area contributed by atoms with Crippen molar-refractivity contribution in [3.8, 4) is 0 Å². The second kappa shape index (κ2) is 17.6. The summed E-state index contributed by atoms with van der Waals surface area (Å²) < 4.78 is 18.3. The normalized spacial score (nSPS) is 21.8. The van der Waals surface area contributed by atoms with Crippen molar-refractivity contribution in [1.29, 1.82) is 0 Å². The van der Waals surface area contributed by atoms with Crippen molar-refractivity contribution in [3.05, 3.63) is 137 Å². The summed E-state index contributed by atoms with van der Waals surface area (Å²) in [6.45, 7) is 7.83. The first kappa shape index (κ1) is 36.2. The minimum absolute atomic E-state index is 0.0131. The molecule has 2 aliphatic rings. The van der Waals surface area contributed by atoms with Crippen molar-refractivity contribution in [1.82, 2.24) is 15.1 Å². The topological polar surface area (TPSA) is 113 Å². The van der Waals surface area contributed by atoms with Crippen molar-refractivity contribution in [2.24, 2.45) is 5.92 Å². The molecule has 5 atom stereocenters. The second-order valence-corrected chi connectivity index (χ2v) is 13.4. The summed E-state index contributed by atoms with van der Waals surface area (Å²) in [5, 5.41) is 15.2. The molecule has 10 heteroatoms. The number of aliphatic hydroxyl groups excluding tert-OH is 1. The van der Waals surface area contributed by atoms with Crippen molar-refractivity contribution in [2.45, 2.75) is 51.0 Å². The number of carbonyl (C=O) groups is 2. The summed E-state index contributed by atoms with van der Waals surface area (Å²) in [7, 11) is 1.31. The first-order valence-electron chi connectivity index (χ1n) is 17.7. The third-order valence-electron chi connectivity index (χ3n) is 9.79. The van der Waals surface area contributed by atoms with Gasteiger partial charge in [-0.3, -0.25) is 9.80 Å². The minimum atomic E-state index is -0.838. The van der Waals surface area contributed by atoms with Crippen LogP contribution in [0, 0.1) is 5.92 Å². The number of benzene rings is 4. The van der Waals surface area contributed by atoms with Crippen molar-refractivity contribution < 1.29 is 28.9 Å². The Labute approximate surface area is 300 Å². The monoisotopic (exact) mass is 692 g/mol. The Morgan fingerprint density at radius 3 is 2.02 bits per heavy atom. The van der Waals surface area contributed by atoms with Crippen LogP contribution in [0.3, 0.4) is 0 Å². The zero-order chi connectivity index (χ0) is 35.6. The van der Waals surface area contributed by atoms with E-state index in [1.807, 2.05) is 66.7 Å². The summed E-state index contributed by atoms with van der Waals surface area (Å²) >= 11 is 0. The third kappa shape index (κ3) is 9.81. The van der Waals surface area contributed by atoms with Gasteiger partial charge in [0, 0.05) is 62.9 Å². The Balaban J connectivity index is 1.11. The number of aliphatic hydroxyl groups is 1. The highest BCUT2D eigenvalue weighted by Gasteiger charge is 2.39. The van der Waals surface area contributed by atoms with Crippen LogP contribution >= 0.6 is 0 Å². The van der Waals surface area contributed by atoms with Gasteiger partial charge < -0.3 is 30.0 Å². The van der Waals surface area contributed by atoms with Gasteiger partial charge in [0.2, 0.25) is 0 Å². The van der Waals surface area contributed by atoms with E-state index < -0.39 is 24.3 Å². The lowest BCUT2D eigenvalue weighted by Gasteiger charge is -2.44. The fourth-order valence-corrected chi connectivity index (χ4v) is 6.79. The highest BCUT2D eigenvalue weighted by Crippen LogP contribution is 2.42. The molecule has 2 heterocycles. The van der Waals surface area contributed by atoms with Crippen LogP contribution in [0.25, 0.3) is 0 Å². The van der Waals surface area contributed by atoms with Crippen molar-refractivity contribution >= 4 is 17.7 Å². The van der Waals surface area contributed by atoms with Crippen LogP contribution in [0.4, 0.5) is 10.5 Å². The number of urea groups is 1. The standard InChI is InChI=1S/C41H48N4O6/c1-29-37(27-45-23-21-44(22-24-45)26-31-11-7-4-8-12-31)50-40(51-38(29)33-15-13-32(28-46)14-16-33)34-17-19-35(20-18-34)42-41(48)43-36(39(47)49-2)25-30-9-5-3-6-10-30/h3-20,29,36-38,40,46H,21-28H2,1-2H3,(H2,42,43,48)/t29-,36-,37+,38+,40+/m0/s1. The second-order valence-electron chi connectivity index (χ2n) is 13.4. The molecule has 0 spiro atoms. The molecule has 0 radical (unpaired) electrons. The van der Waals surface area contributed by atoms with Crippen LogP contribution in [-0.4, -0.2) is 78.9 Å². The number of amides is 2. The van der Waals surface area contributed by atoms with E-state index >= 15 is 0 Å². The molecule has 3 N–H and O–H groups in total. The lowest BCUT2D eigenvalue weighted by molar-refractivity contribution is -0.276. The van der Waals surface area contributed by atoms with Gasteiger partial charge in [0.1, 0.15) is 6.04 Å². The molecule has 268 valence electrons. The van der Waals surface area contributed by atoms with E-state index in [4.69, 9.17) is 14.2 Å². The number of rotatable bonds is 12. The highest BCUT2D eigenvalue weighted by molar-refractivity contribution is 5.92. The van der Waals surface area contributed by atoms with Gasteiger partial charge in [-0.1, -0.05) is 104 Å². The molecule has 0 aliphatic carbocycles. The number of hydrogen-bond donors (Lipinski definition) is 3. The van der Waals surface area contributed by atoms with Gasteiger partial charge in [0.15, 0.2) is 6.29 Å². The molecule has 2 fully saturated rings. The molecule has 4 aromatic rings. The van der Waals surface area contributed by atoms with Crippen LogP contribution in [-0.2, 0) is 38.6 Å². The Kier molecular flexibility index (Phi) is 12.5. The van der Waals surface area contributed by atoms with Gasteiger partial charge in [-0.05, 0) is 34.4 Å². The Morgan fingerprint density at radius 2 is 1.39 bits per heavy atom. The maximum absolute atomic E-state index is 12.9. The molecular formula is C41H48N4O6. The number of anilines is 1. The van der Waals surface area contributed by atoms with Gasteiger partial charge >= 0.3 is 12.0 Å². The van der Waals surface area contributed by atoms with Crippen LogP contribution in [0.15, 0.2) is 109 Å². The molecular weight excluding hydrogens is 644 g/mol. The average molecular weight is 693 g/mol. The maximum atomic E-state index is 12.9. The molecule has 2 amide bonds. The van der Waals surface area contributed by atoms with Gasteiger partial charge in [-0.2, -0.15) is 0 Å². The van der Waals surface area contributed by atoms with E-state index in [9.17, 15) is 14.7 Å². The highest BCUT2D eigenvalue weighted by atomic mass is 16.7. The molecule has 4 aromatic carbocycles. The van der Waals surface area contributed by atoms with E-state index in [0.717, 1.165) is 61.5 Å². The molecule has 0 unspecified atom stereocenters. The first-order chi connectivity index (χ1) is 24.9. The SMILES string of the molecule is COC(=O)[C@H](Cc1ccccc1)NC(=O)Nc1ccc([C@@H]2O[C@H](CN3CCN(Cc4ccccc4)CC3)[C@H](C)[C@H](c3ccc(CO)cc3)O2)cc1. The smallest absolute Gasteiger partial charge is 0.328 e. The van der Waals surface area contributed by atoms with Crippen LogP contribution in [0.5, 0.6) is 0 Å². The Morgan fingerprint density at radius 1 is 0.784 bits per heavy atom. The minimum Gasteiger partial charge on any atom is -0.467 e. The Bertz CT molecular complexity index is 1680. The van der Waals surface area contributed by atoms with Gasteiger partial charge in [0.05, 0.1) is 25.9 Å². The van der Waals surface area contributed by atoms with E-state index in [0.29, 0.717) is 12.1 Å². The third-order valence-corrected chi connectivity index (χ3v) is 9.79. The number of ether oxygens (including phenoxy) is 3. The van der Waals surface area contributed by atoms with E-state index in [1.165, 1.54) is 12.7 Å². The number of piperazine rings is 1. The van der Waals surface area contributed by atoms with E-state index in [2.05, 4.69) is 57.7 Å². The van der Waals surface area contributed by atoms with Crippen molar-refractivity contribution in [3.63, 3.8) is 0 Å². The fraction of sp³-hybridized carbons (Fsp3) is 0.366. The molecule has 0 aromatic heterocycles. The largest absolute Gasteiger partial charge is 0.467 e. The van der Waals surface area contributed by atoms with E-state index in [-0.39, 0.29) is 24.7 Å². The molecule has 2 saturated heterocycles. The van der Waals surface area contributed by atoms with Gasteiger partial charge in [0.25, 0.3) is 0 Å². The average Bonchev–Trinajstić information content (AvgIpc) is 3.17. The lowest BCUT2D eigenvalue weighted by atomic mass is 9.90. The predicted octanol–water partition coefficient (Wildman–Crippen LogP) is 5.69. The molecule has 6 rings (SSSR count). The van der Waals surface area contributed by atoms with Crippen molar-refractivity contribution in [2.75, 3.05) is 45.2 Å². The van der Waals surface area contributed by atoms with Gasteiger partial charge in [-0.15, -0.1) is 0 Å². The number of carbonyl (C=O) groups excluding carboxylic acids is 2. The van der Waals surface area contributed by atoms with Gasteiger partial charge in [-0.25, -0.2) is 9.59 Å². The molecule has 0 saturated carbocycles. The quantitative estimate of drug-likeness (QED) is 0.162. The first-order valence-corrected chi connectivity index (χ1v) is 17.7. The lowest BCUT2D eigenvalue weighted by Crippen LogP contribution is -2.51. The fourth-order valence-electron chi connectivity index (χ4n) is 6.79. The molecule has 2 aliphatic heterocycles. The summed E-state index contributed by atoms with van der Waals surface area (Å²) in [6, 6.07) is 34.0. The zero-order valence-corrected chi connectivity index (χ0v) is 29.3. The predicted molar refractivity (Wildman–Crippen MR) is 196 cm³/mol. The van der Waals surface area contributed by atoms with Crippen LogP contribution in [0.1, 0.15) is 47.1 Å². The molecule has 10 nitrogen and oxygen atoms in total.